The van der Waals surface area contributed by atoms with Crippen LogP contribution < -0.4 is 19.7 Å². The minimum atomic E-state index is -0.0638. The lowest BCUT2D eigenvalue weighted by molar-refractivity contribution is -0.116. The minimum absolute atomic E-state index is 0.0638. The predicted molar refractivity (Wildman–Crippen MR) is 124 cm³/mol. The Morgan fingerprint density at radius 1 is 1.00 bits per heavy atom. The number of nitrogens with one attached hydrogen (secondary N) is 1. The lowest BCUT2D eigenvalue weighted by Gasteiger charge is -2.27. The quantitative estimate of drug-likeness (QED) is 0.616. The summed E-state index contributed by atoms with van der Waals surface area (Å²) < 4.78 is 12.5. The van der Waals surface area contributed by atoms with Crippen molar-refractivity contribution >= 4 is 17.4 Å². The second kappa shape index (κ2) is 9.09. The molecule has 1 amide bonds. The topological polar surface area (TPSA) is 94.4 Å². The van der Waals surface area contributed by atoms with E-state index in [1.807, 2.05) is 36.7 Å². The van der Waals surface area contributed by atoms with E-state index in [2.05, 4.69) is 25.5 Å². The number of aromatic nitrogens is 4. The van der Waals surface area contributed by atoms with Gasteiger partial charge in [0.1, 0.15) is 0 Å². The highest BCUT2D eigenvalue weighted by Crippen LogP contribution is 2.34. The summed E-state index contributed by atoms with van der Waals surface area (Å²) in [6.45, 7) is 6.24. The Labute approximate surface area is 192 Å². The molecule has 0 spiro atoms. The Bertz CT molecular complexity index is 1150. The van der Waals surface area contributed by atoms with E-state index in [1.54, 1.807) is 12.1 Å². The molecule has 1 N–H and O–H groups in total. The van der Waals surface area contributed by atoms with E-state index in [1.165, 1.54) is 19.3 Å². The van der Waals surface area contributed by atoms with Crippen LogP contribution in [0.1, 0.15) is 42.6 Å². The van der Waals surface area contributed by atoms with Crippen molar-refractivity contribution in [3.63, 3.8) is 0 Å². The van der Waals surface area contributed by atoms with Crippen molar-refractivity contribution in [1.82, 2.24) is 20.0 Å². The Hall–Kier alpha value is -3.62. The van der Waals surface area contributed by atoms with Gasteiger partial charge in [0, 0.05) is 37.0 Å². The van der Waals surface area contributed by atoms with Crippen molar-refractivity contribution in [3.8, 4) is 17.3 Å². The summed E-state index contributed by atoms with van der Waals surface area (Å²) in [6.07, 6.45) is 4.62. The lowest BCUT2D eigenvalue weighted by Crippen LogP contribution is -2.30. The second-order valence-corrected chi connectivity index (χ2v) is 8.47. The van der Waals surface area contributed by atoms with Crippen LogP contribution in [0.2, 0.25) is 0 Å². The normalized spacial score (nSPS) is 15.0. The number of benzene rings is 1. The first kappa shape index (κ1) is 21.2. The van der Waals surface area contributed by atoms with Gasteiger partial charge in [-0.25, -0.2) is 4.68 Å². The number of fused-ring (bicyclic) bond motifs is 1. The maximum absolute atomic E-state index is 12.5. The molecular weight excluding hydrogens is 420 g/mol. The zero-order chi connectivity index (χ0) is 22.8. The number of carbonyl (C=O) groups is 1. The van der Waals surface area contributed by atoms with Gasteiger partial charge in [-0.1, -0.05) is 0 Å². The Kier molecular flexibility index (Phi) is 5.85. The van der Waals surface area contributed by atoms with Crippen LogP contribution in [0.4, 0.5) is 11.5 Å². The number of carbonyl (C=O) groups excluding carboxylic acids is 1. The van der Waals surface area contributed by atoms with Gasteiger partial charge in [-0.3, -0.25) is 4.79 Å². The first-order valence-corrected chi connectivity index (χ1v) is 11.4. The van der Waals surface area contributed by atoms with Crippen LogP contribution >= 0.6 is 0 Å². The van der Waals surface area contributed by atoms with Crippen molar-refractivity contribution in [1.29, 1.82) is 0 Å². The molecular formula is C24H28N6O3. The highest BCUT2D eigenvalue weighted by atomic mass is 16.7. The molecule has 2 aromatic heterocycles. The third-order valence-corrected chi connectivity index (χ3v) is 6.23. The molecule has 0 atom stereocenters. The molecule has 9 heteroatoms. The minimum Gasteiger partial charge on any atom is -0.454 e. The van der Waals surface area contributed by atoms with Crippen LogP contribution in [0.25, 0.3) is 5.82 Å². The number of ether oxygens (including phenoxy) is 2. The van der Waals surface area contributed by atoms with E-state index in [0.29, 0.717) is 35.8 Å². The van der Waals surface area contributed by atoms with Gasteiger partial charge in [-0.05, 0) is 69.4 Å². The SMILES string of the molecule is Cc1nn(-c2ccc(N3CCCCC3)nn2)c(C)c1CCC(=O)Nc1ccc2c(c1)OCO2. The molecule has 0 radical (unpaired) electrons. The van der Waals surface area contributed by atoms with Crippen molar-refractivity contribution in [2.75, 3.05) is 30.1 Å². The highest BCUT2D eigenvalue weighted by molar-refractivity contribution is 5.91. The second-order valence-electron chi connectivity index (χ2n) is 8.47. The van der Waals surface area contributed by atoms with Gasteiger partial charge in [0.2, 0.25) is 12.7 Å². The van der Waals surface area contributed by atoms with Crippen LogP contribution in [-0.2, 0) is 11.2 Å². The van der Waals surface area contributed by atoms with Crippen molar-refractivity contribution in [2.45, 2.75) is 46.0 Å². The third-order valence-electron chi connectivity index (χ3n) is 6.23. The lowest BCUT2D eigenvalue weighted by atomic mass is 10.1. The summed E-state index contributed by atoms with van der Waals surface area (Å²) in [4.78, 5) is 14.8. The number of rotatable bonds is 6. The molecule has 5 rings (SSSR count). The third kappa shape index (κ3) is 4.48. The van der Waals surface area contributed by atoms with Crippen molar-refractivity contribution in [3.05, 3.63) is 47.3 Å². The summed E-state index contributed by atoms with van der Waals surface area (Å²) >= 11 is 0. The number of hydrogen-bond acceptors (Lipinski definition) is 7. The van der Waals surface area contributed by atoms with Crippen molar-refractivity contribution < 1.29 is 14.3 Å². The van der Waals surface area contributed by atoms with E-state index in [4.69, 9.17) is 9.47 Å². The summed E-state index contributed by atoms with van der Waals surface area (Å²) in [5, 5.41) is 16.5. The molecule has 0 bridgehead atoms. The molecule has 1 aromatic carbocycles. The van der Waals surface area contributed by atoms with Crippen LogP contribution in [0.15, 0.2) is 30.3 Å². The fourth-order valence-electron chi connectivity index (χ4n) is 4.42. The Morgan fingerprint density at radius 3 is 2.55 bits per heavy atom. The van der Waals surface area contributed by atoms with Crippen LogP contribution in [0.5, 0.6) is 11.5 Å². The van der Waals surface area contributed by atoms with Crippen LogP contribution in [0.3, 0.4) is 0 Å². The molecule has 2 aliphatic heterocycles. The molecule has 33 heavy (non-hydrogen) atoms. The van der Waals surface area contributed by atoms with E-state index >= 15 is 0 Å². The molecule has 3 aromatic rings. The summed E-state index contributed by atoms with van der Waals surface area (Å²) in [6, 6.07) is 9.37. The Morgan fingerprint density at radius 2 is 1.76 bits per heavy atom. The van der Waals surface area contributed by atoms with E-state index in [-0.39, 0.29) is 12.7 Å². The van der Waals surface area contributed by atoms with Gasteiger partial charge < -0.3 is 19.7 Å². The number of aryl methyl sites for hydroxylation is 1. The van der Waals surface area contributed by atoms with E-state index in [0.717, 1.165) is 35.9 Å². The standard InChI is InChI=1S/C24H28N6O3/c1-16-19(7-11-24(31)25-18-6-8-20-21(14-18)33-15-32-20)17(2)30(28-16)23-10-9-22(26-27-23)29-12-4-3-5-13-29/h6,8-10,14H,3-5,7,11-13,15H2,1-2H3,(H,25,31). The zero-order valence-electron chi connectivity index (χ0n) is 19.0. The summed E-state index contributed by atoms with van der Waals surface area (Å²) in [7, 11) is 0. The maximum Gasteiger partial charge on any atom is 0.231 e. The number of hydrogen-bond donors (Lipinski definition) is 1. The predicted octanol–water partition coefficient (Wildman–Crippen LogP) is 3.57. The van der Waals surface area contributed by atoms with Gasteiger partial charge in [0.25, 0.3) is 0 Å². The molecule has 0 saturated carbocycles. The van der Waals surface area contributed by atoms with E-state index in [9.17, 15) is 4.79 Å². The molecule has 9 nitrogen and oxygen atoms in total. The van der Waals surface area contributed by atoms with Gasteiger partial charge in [-0.15, -0.1) is 10.2 Å². The smallest absolute Gasteiger partial charge is 0.231 e. The molecule has 172 valence electrons. The fraction of sp³-hybridized carbons (Fsp3) is 0.417. The largest absolute Gasteiger partial charge is 0.454 e. The molecule has 0 unspecified atom stereocenters. The highest BCUT2D eigenvalue weighted by Gasteiger charge is 2.18. The zero-order valence-corrected chi connectivity index (χ0v) is 19.0. The van der Waals surface area contributed by atoms with E-state index < -0.39 is 0 Å². The first-order chi connectivity index (χ1) is 16.1. The molecule has 0 aliphatic carbocycles. The van der Waals surface area contributed by atoms with Gasteiger partial charge >= 0.3 is 0 Å². The summed E-state index contributed by atoms with van der Waals surface area (Å²) in [5.74, 6) is 2.88. The molecule has 1 fully saturated rings. The fourth-order valence-corrected chi connectivity index (χ4v) is 4.42. The summed E-state index contributed by atoms with van der Waals surface area (Å²) in [5.41, 5.74) is 3.61. The van der Waals surface area contributed by atoms with Gasteiger partial charge in [-0.2, -0.15) is 5.10 Å². The Balaban J connectivity index is 1.23. The first-order valence-electron chi connectivity index (χ1n) is 11.4. The number of piperidine rings is 1. The molecule has 1 saturated heterocycles. The number of amides is 1. The molecule has 2 aliphatic rings. The number of nitrogens with zero attached hydrogens (tertiary/aromatic N) is 5. The van der Waals surface area contributed by atoms with Gasteiger partial charge in [0.05, 0.1) is 5.69 Å². The molecule has 4 heterocycles. The number of anilines is 2. The van der Waals surface area contributed by atoms with Crippen LogP contribution in [-0.4, -0.2) is 45.8 Å². The van der Waals surface area contributed by atoms with Crippen LogP contribution in [0, 0.1) is 13.8 Å². The average molecular weight is 449 g/mol. The average Bonchev–Trinajstić information content (AvgIpc) is 3.42. The van der Waals surface area contributed by atoms with Crippen molar-refractivity contribution in [2.24, 2.45) is 0 Å². The maximum atomic E-state index is 12.5. The monoisotopic (exact) mass is 448 g/mol. The van der Waals surface area contributed by atoms with Gasteiger partial charge in [0.15, 0.2) is 23.1 Å².